The number of benzene rings is 1. The number of hydrogen-bond donors (Lipinski definition) is 3. The molecule has 0 aliphatic carbocycles. The van der Waals surface area contributed by atoms with E-state index in [1.54, 1.807) is 6.92 Å². The quantitative estimate of drug-likeness (QED) is 0.309. The van der Waals surface area contributed by atoms with E-state index in [9.17, 15) is 41.0 Å². The Balaban J connectivity index is 2.31. The van der Waals surface area contributed by atoms with Gasteiger partial charge in [0.25, 0.3) is 5.60 Å². The van der Waals surface area contributed by atoms with E-state index in [0.29, 0.717) is 17.9 Å². The van der Waals surface area contributed by atoms with E-state index < -0.39 is 41.6 Å². The molecular weight excluding hydrogens is 520 g/mol. The Morgan fingerprint density at radius 2 is 1.72 bits per heavy atom. The van der Waals surface area contributed by atoms with Gasteiger partial charge in [0.05, 0.1) is 12.2 Å². The highest BCUT2D eigenvalue weighted by Gasteiger charge is 2.71. The molecular formula is C21H23F6N3O5S. The van der Waals surface area contributed by atoms with Crippen molar-refractivity contribution in [2.45, 2.75) is 44.3 Å². The number of nitrogens with zero attached hydrogens (tertiary/aromatic N) is 1. The van der Waals surface area contributed by atoms with Crippen molar-refractivity contribution < 1.29 is 50.3 Å². The zero-order chi connectivity index (χ0) is 27.3. The van der Waals surface area contributed by atoms with Gasteiger partial charge in [-0.05, 0) is 37.8 Å². The molecule has 2 rings (SSSR count). The molecule has 0 bridgehead atoms. The lowest BCUT2D eigenvalue weighted by atomic mass is 9.90. The summed E-state index contributed by atoms with van der Waals surface area (Å²) in [6.07, 6.45) is -9.99. The number of anilines is 1. The van der Waals surface area contributed by atoms with E-state index in [1.807, 2.05) is 6.26 Å². The average Bonchev–Trinajstić information content (AvgIpc) is 3.14. The van der Waals surface area contributed by atoms with Crippen molar-refractivity contribution in [2.24, 2.45) is 0 Å². The number of alkyl halides is 6. The summed E-state index contributed by atoms with van der Waals surface area (Å²) in [5, 5.41) is 18.0. The third kappa shape index (κ3) is 6.24. The monoisotopic (exact) mass is 543 g/mol. The lowest BCUT2D eigenvalue weighted by Crippen LogP contribution is -2.53. The highest BCUT2D eigenvalue weighted by Crippen LogP contribution is 2.50. The molecule has 1 unspecified atom stereocenters. The SMILES string of the molecule is CCOC(=O)C(CCSC)NC(=O)Nc1noc(C)c1-c1ccc(C(O)(C(F)(F)F)C(F)(F)F)cc1. The number of esters is 1. The van der Waals surface area contributed by atoms with Crippen molar-refractivity contribution in [3.05, 3.63) is 35.6 Å². The molecule has 1 heterocycles. The zero-order valence-electron chi connectivity index (χ0n) is 19.2. The number of carbonyl (C=O) groups is 2. The third-order valence-corrected chi connectivity index (χ3v) is 5.64. The fraction of sp³-hybridized carbons (Fsp3) is 0.476. The molecule has 15 heteroatoms. The summed E-state index contributed by atoms with van der Waals surface area (Å²) in [4.78, 5) is 24.6. The zero-order valence-corrected chi connectivity index (χ0v) is 20.0. The van der Waals surface area contributed by atoms with Crippen LogP contribution in [0.3, 0.4) is 0 Å². The van der Waals surface area contributed by atoms with Gasteiger partial charge in [-0.15, -0.1) is 0 Å². The second-order valence-electron chi connectivity index (χ2n) is 7.43. The Morgan fingerprint density at radius 1 is 1.14 bits per heavy atom. The highest BCUT2D eigenvalue weighted by molar-refractivity contribution is 7.98. The summed E-state index contributed by atoms with van der Waals surface area (Å²) >= 11 is 1.44. The van der Waals surface area contributed by atoms with E-state index in [2.05, 4.69) is 15.8 Å². The van der Waals surface area contributed by atoms with Crippen molar-refractivity contribution in [1.82, 2.24) is 10.5 Å². The van der Waals surface area contributed by atoms with Crippen LogP contribution in [0.15, 0.2) is 28.8 Å². The van der Waals surface area contributed by atoms with Gasteiger partial charge in [-0.2, -0.15) is 38.1 Å². The molecule has 36 heavy (non-hydrogen) atoms. The van der Waals surface area contributed by atoms with E-state index in [-0.39, 0.29) is 35.7 Å². The number of nitrogens with one attached hydrogen (secondary N) is 2. The summed E-state index contributed by atoms with van der Waals surface area (Å²) in [6, 6.07) is 0.859. The van der Waals surface area contributed by atoms with Gasteiger partial charge in [-0.25, -0.2) is 9.59 Å². The fourth-order valence-corrected chi connectivity index (χ4v) is 3.66. The van der Waals surface area contributed by atoms with Crippen LogP contribution in [-0.4, -0.2) is 59.3 Å². The standard InChI is InChI=1S/C21H23F6N3O5S/c1-4-34-17(31)14(9-10-36-3)28-18(32)29-16-15(11(2)35-30-16)12-5-7-13(8-6-12)19(33,20(22,23)24)21(25,26)27/h5-8,14,33H,4,9-10H2,1-3H3,(H2,28,29,30,32). The summed E-state index contributed by atoms with van der Waals surface area (Å²) in [5.74, 6) is -0.237. The Labute approximate surface area is 205 Å². The van der Waals surface area contributed by atoms with Crippen LogP contribution >= 0.6 is 11.8 Å². The lowest BCUT2D eigenvalue weighted by molar-refractivity contribution is -0.376. The van der Waals surface area contributed by atoms with Crippen LogP contribution in [0.25, 0.3) is 11.1 Å². The van der Waals surface area contributed by atoms with Crippen molar-refractivity contribution in [3.8, 4) is 11.1 Å². The fourth-order valence-electron chi connectivity index (χ4n) is 3.19. The second-order valence-corrected chi connectivity index (χ2v) is 8.42. The molecule has 2 aromatic rings. The van der Waals surface area contributed by atoms with Crippen LogP contribution in [0, 0.1) is 6.92 Å². The molecule has 0 spiro atoms. The van der Waals surface area contributed by atoms with Crippen LogP contribution in [-0.2, 0) is 15.1 Å². The van der Waals surface area contributed by atoms with Gasteiger partial charge >= 0.3 is 24.4 Å². The average molecular weight is 543 g/mol. The largest absolute Gasteiger partial charge is 0.464 e. The van der Waals surface area contributed by atoms with Gasteiger partial charge in [-0.3, -0.25) is 5.32 Å². The number of aromatic nitrogens is 1. The number of hydrogen-bond acceptors (Lipinski definition) is 7. The molecule has 0 radical (unpaired) electrons. The Bertz CT molecular complexity index is 1040. The van der Waals surface area contributed by atoms with Crippen molar-refractivity contribution in [3.63, 3.8) is 0 Å². The number of halogens is 6. The molecule has 200 valence electrons. The summed E-state index contributed by atoms with van der Waals surface area (Å²) in [5.41, 5.74) is -6.42. The molecule has 0 aliphatic rings. The number of thioether (sulfide) groups is 1. The maximum absolute atomic E-state index is 13.1. The molecule has 8 nitrogen and oxygen atoms in total. The number of amides is 2. The van der Waals surface area contributed by atoms with Gasteiger partial charge in [0.15, 0.2) is 5.82 Å². The molecule has 2 amide bonds. The number of aliphatic hydroxyl groups is 1. The van der Waals surface area contributed by atoms with Crippen LogP contribution in [0.5, 0.6) is 0 Å². The van der Waals surface area contributed by atoms with Gasteiger partial charge in [-0.1, -0.05) is 29.4 Å². The molecule has 1 atom stereocenters. The second kappa shape index (κ2) is 11.4. The molecule has 1 aromatic carbocycles. The first kappa shape index (κ1) is 29.3. The van der Waals surface area contributed by atoms with E-state index in [0.717, 1.165) is 12.1 Å². The van der Waals surface area contributed by atoms with Gasteiger partial charge in [0, 0.05) is 5.56 Å². The molecule has 1 aromatic heterocycles. The minimum atomic E-state index is -6.03. The molecule has 0 saturated carbocycles. The van der Waals surface area contributed by atoms with Crippen LogP contribution in [0.4, 0.5) is 37.0 Å². The van der Waals surface area contributed by atoms with E-state index in [4.69, 9.17) is 9.26 Å². The first-order valence-electron chi connectivity index (χ1n) is 10.3. The number of aryl methyl sites for hydroxylation is 1. The predicted octanol–water partition coefficient (Wildman–Crippen LogP) is 4.77. The van der Waals surface area contributed by atoms with Gasteiger partial charge in [0.1, 0.15) is 11.8 Å². The topological polar surface area (TPSA) is 114 Å². The van der Waals surface area contributed by atoms with Crippen molar-refractivity contribution in [1.29, 1.82) is 0 Å². The van der Waals surface area contributed by atoms with Crippen LogP contribution < -0.4 is 10.6 Å². The molecule has 0 saturated heterocycles. The minimum absolute atomic E-state index is 0.0452. The Kier molecular flexibility index (Phi) is 9.29. The highest BCUT2D eigenvalue weighted by atomic mass is 32.2. The molecule has 3 N–H and O–H groups in total. The van der Waals surface area contributed by atoms with E-state index >= 15 is 0 Å². The normalized spacial score (nSPS) is 13.3. The number of rotatable bonds is 9. The van der Waals surface area contributed by atoms with Crippen molar-refractivity contribution >= 4 is 29.6 Å². The lowest BCUT2D eigenvalue weighted by Gasteiger charge is -2.32. The first-order chi connectivity index (χ1) is 16.7. The summed E-state index contributed by atoms with van der Waals surface area (Å²) in [6.45, 7) is 3.10. The summed E-state index contributed by atoms with van der Waals surface area (Å²) in [7, 11) is 0. The maximum atomic E-state index is 13.1. The first-order valence-corrected chi connectivity index (χ1v) is 11.7. The van der Waals surface area contributed by atoms with Crippen LogP contribution in [0.2, 0.25) is 0 Å². The summed E-state index contributed by atoms with van der Waals surface area (Å²) < 4.78 is 88.8. The minimum Gasteiger partial charge on any atom is -0.464 e. The third-order valence-electron chi connectivity index (χ3n) is 4.99. The number of carbonyl (C=O) groups excluding carboxylic acids is 2. The Morgan fingerprint density at radius 3 is 2.22 bits per heavy atom. The molecule has 0 fully saturated rings. The van der Waals surface area contributed by atoms with Gasteiger partial charge in [0.2, 0.25) is 0 Å². The number of ether oxygens (including phenoxy) is 1. The Hall–Kier alpha value is -2.94. The maximum Gasteiger partial charge on any atom is 0.430 e. The van der Waals surface area contributed by atoms with Gasteiger partial charge < -0.3 is 19.7 Å². The van der Waals surface area contributed by atoms with Crippen molar-refractivity contribution in [2.75, 3.05) is 23.9 Å². The van der Waals surface area contributed by atoms with Crippen LogP contribution in [0.1, 0.15) is 24.7 Å². The molecule has 0 aliphatic heterocycles. The van der Waals surface area contributed by atoms with E-state index in [1.165, 1.54) is 18.7 Å². The number of urea groups is 1. The smallest absolute Gasteiger partial charge is 0.430 e. The predicted molar refractivity (Wildman–Crippen MR) is 118 cm³/mol.